The number of benzene rings is 1. The average Bonchev–Trinajstić information content (AvgIpc) is 3.17. The summed E-state index contributed by atoms with van der Waals surface area (Å²) in [4.78, 5) is 6.62. The van der Waals surface area contributed by atoms with Crippen LogP contribution in [0, 0.1) is 5.92 Å². The molecule has 1 fully saturated rings. The predicted octanol–water partition coefficient (Wildman–Crippen LogP) is 3.07. The van der Waals surface area contributed by atoms with Crippen LogP contribution >= 0.6 is 0 Å². The molecule has 0 radical (unpaired) electrons. The fourth-order valence-corrected chi connectivity index (χ4v) is 4.01. The Labute approximate surface area is 153 Å². The number of hydrogen-bond donors (Lipinski definition) is 2. The van der Waals surface area contributed by atoms with E-state index in [0.29, 0.717) is 5.92 Å². The lowest BCUT2D eigenvalue weighted by molar-refractivity contribution is 0.0973. The molecular weight excluding hydrogens is 324 g/mol. The lowest BCUT2D eigenvalue weighted by atomic mass is 9.81. The van der Waals surface area contributed by atoms with Gasteiger partial charge in [0.15, 0.2) is 0 Å². The molecular formula is C21H24N4O. The van der Waals surface area contributed by atoms with Gasteiger partial charge in [-0.25, -0.2) is 0 Å². The van der Waals surface area contributed by atoms with Gasteiger partial charge in [-0.2, -0.15) is 5.10 Å². The first-order valence-electron chi connectivity index (χ1n) is 9.16. The number of rotatable bonds is 5. The highest BCUT2D eigenvalue weighted by atomic mass is 16.3. The number of aliphatic hydroxyl groups excluding tert-OH is 1. The second-order valence-corrected chi connectivity index (χ2v) is 7.00. The molecule has 5 heteroatoms. The van der Waals surface area contributed by atoms with Crippen molar-refractivity contribution < 1.29 is 5.11 Å². The van der Waals surface area contributed by atoms with Crippen molar-refractivity contribution >= 4 is 0 Å². The molecule has 0 amide bonds. The van der Waals surface area contributed by atoms with Crippen LogP contribution in [0.4, 0.5) is 0 Å². The van der Waals surface area contributed by atoms with Crippen molar-refractivity contribution in [2.45, 2.75) is 18.9 Å². The van der Waals surface area contributed by atoms with Crippen molar-refractivity contribution in [3.63, 3.8) is 0 Å². The number of piperidine rings is 1. The minimum atomic E-state index is 0.219. The summed E-state index contributed by atoms with van der Waals surface area (Å²) >= 11 is 0. The molecule has 1 aliphatic heterocycles. The first kappa shape index (κ1) is 16.9. The Bertz CT molecular complexity index is 818. The third-order valence-electron chi connectivity index (χ3n) is 5.34. The van der Waals surface area contributed by atoms with E-state index >= 15 is 0 Å². The molecule has 2 N–H and O–H groups in total. The van der Waals surface area contributed by atoms with E-state index in [4.69, 9.17) is 0 Å². The SMILES string of the molecule is OC[C@H]1CN(Cc2cn[nH]c2-c2cccnc2)CC[C@H]1c1ccccc1. The number of likely N-dealkylation sites (tertiary alicyclic amines) is 1. The van der Waals surface area contributed by atoms with E-state index in [1.54, 1.807) is 6.20 Å². The van der Waals surface area contributed by atoms with Gasteiger partial charge in [0.2, 0.25) is 0 Å². The van der Waals surface area contributed by atoms with Crippen LogP contribution in [0.5, 0.6) is 0 Å². The molecule has 5 nitrogen and oxygen atoms in total. The van der Waals surface area contributed by atoms with Crippen molar-refractivity contribution in [3.05, 3.63) is 72.2 Å². The van der Waals surface area contributed by atoms with E-state index in [2.05, 4.69) is 44.3 Å². The number of hydrogen-bond acceptors (Lipinski definition) is 4. The molecule has 4 rings (SSSR count). The van der Waals surface area contributed by atoms with Gasteiger partial charge in [-0.15, -0.1) is 0 Å². The molecule has 2 atom stereocenters. The van der Waals surface area contributed by atoms with Crippen LogP contribution in [0.1, 0.15) is 23.5 Å². The van der Waals surface area contributed by atoms with E-state index < -0.39 is 0 Å². The standard InChI is InChI=1S/C21H24N4O/c26-15-19-14-25(10-8-20(19)16-5-2-1-3-6-16)13-18-12-23-24-21(18)17-7-4-9-22-11-17/h1-7,9,11-12,19-20,26H,8,10,13-15H2,(H,23,24)/t19-,20+/m1/s1. The Morgan fingerprint density at radius 2 is 2.00 bits per heavy atom. The number of aliphatic hydroxyl groups is 1. The Hall–Kier alpha value is -2.50. The van der Waals surface area contributed by atoms with Gasteiger partial charge in [-0.05, 0) is 36.6 Å². The molecule has 0 unspecified atom stereocenters. The summed E-state index contributed by atoms with van der Waals surface area (Å²) in [5.74, 6) is 0.694. The molecule has 0 spiro atoms. The first-order valence-corrected chi connectivity index (χ1v) is 9.16. The predicted molar refractivity (Wildman–Crippen MR) is 101 cm³/mol. The van der Waals surface area contributed by atoms with E-state index in [-0.39, 0.29) is 12.5 Å². The highest BCUT2D eigenvalue weighted by Gasteiger charge is 2.30. The quantitative estimate of drug-likeness (QED) is 0.744. The zero-order valence-corrected chi connectivity index (χ0v) is 14.8. The third kappa shape index (κ3) is 3.54. The molecule has 3 aromatic rings. The van der Waals surface area contributed by atoms with E-state index in [1.165, 1.54) is 11.1 Å². The molecule has 0 aliphatic carbocycles. The van der Waals surface area contributed by atoms with Crippen LogP contribution in [-0.4, -0.2) is 44.9 Å². The third-order valence-corrected chi connectivity index (χ3v) is 5.34. The summed E-state index contributed by atoms with van der Waals surface area (Å²) < 4.78 is 0. The number of aromatic amines is 1. The van der Waals surface area contributed by atoms with Gasteiger partial charge in [-0.1, -0.05) is 30.3 Å². The number of H-pyrrole nitrogens is 1. The summed E-state index contributed by atoms with van der Waals surface area (Å²) in [6.45, 7) is 2.97. The lowest BCUT2D eigenvalue weighted by Gasteiger charge is -2.38. The molecule has 26 heavy (non-hydrogen) atoms. The Kier molecular flexibility index (Phi) is 5.09. The van der Waals surface area contributed by atoms with Crippen LogP contribution in [0.2, 0.25) is 0 Å². The second kappa shape index (κ2) is 7.81. The van der Waals surface area contributed by atoms with Crippen molar-refractivity contribution in [3.8, 4) is 11.3 Å². The number of nitrogens with zero attached hydrogens (tertiary/aromatic N) is 3. The Morgan fingerprint density at radius 1 is 1.12 bits per heavy atom. The van der Waals surface area contributed by atoms with Crippen molar-refractivity contribution in [2.24, 2.45) is 5.92 Å². The topological polar surface area (TPSA) is 65.0 Å². The van der Waals surface area contributed by atoms with Crippen molar-refractivity contribution in [1.82, 2.24) is 20.1 Å². The minimum absolute atomic E-state index is 0.219. The largest absolute Gasteiger partial charge is 0.396 e. The maximum Gasteiger partial charge on any atom is 0.0710 e. The van der Waals surface area contributed by atoms with Crippen LogP contribution < -0.4 is 0 Å². The van der Waals surface area contributed by atoms with E-state index in [0.717, 1.165) is 37.3 Å². The zero-order valence-electron chi connectivity index (χ0n) is 14.8. The summed E-state index contributed by atoms with van der Waals surface area (Å²) in [6.07, 6.45) is 6.60. The summed E-state index contributed by atoms with van der Waals surface area (Å²) in [6, 6.07) is 14.6. The number of pyridine rings is 1. The number of nitrogens with one attached hydrogen (secondary N) is 1. The Morgan fingerprint density at radius 3 is 2.77 bits per heavy atom. The number of aromatic nitrogens is 3. The van der Waals surface area contributed by atoms with Gasteiger partial charge in [0.25, 0.3) is 0 Å². The first-order chi connectivity index (χ1) is 12.8. The van der Waals surface area contributed by atoms with Crippen LogP contribution in [0.3, 0.4) is 0 Å². The van der Waals surface area contributed by atoms with Crippen LogP contribution in [0.15, 0.2) is 61.1 Å². The molecule has 1 aliphatic rings. The monoisotopic (exact) mass is 348 g/mol. The molecule has 0 saturated carbocycles. The van der Waals surface area contributed by atoms with Gasteiger partial charge in [-0.3, -0.25) is 15.0 Å². The maximum absolute atomic E-state index is 9.95. The van der Waals surface area contributed by atoms with Crippen molar-refractivity contribution in [1.29, 1.82) is 0 Å². The molecule has 134 valence electrons. The van der Waals surface area contributed by atoms with Gasteiger partial charge < -0.3 is 5.11 Å². The molecule has 1 aromatic carbocycles. The van der Waals surface area contributed by atoms with Gasteiger partial charge in [0.05, 0.1) is 11.9 Å². The molecule has 3 heterocycles. The average molecular weight is 348 g/mol. The smallest absolute Gasteiger partial charge is 0.0710 e. The summed E-state index contributed by atoms with van der Waals surface area (Å²) in [7, 11) is 0. The summed E-state index contributed by atoms with van der Waals surface area (Å²) in [5, 5.41) is 17.3. The fourth-order valence-electron chi connectivity index (χ4n) is 4.01. The molecule has 1 saturated heterocycles. The lowest BCUT2D eigenvalue weighted by Crippen LogP contribution is -2.40. The summed E-state index contributed by atoms with van der Waals surface area (Å²) in [5.41, 5.74) is 4.60. The van der Waals surface area contributed by atoms with Crippen LogP contribution in [0.25, 0.3) is 11.3 Å². The zero-order chi connectivity index (χ0) is 17.8. The highest BCUT2D eigenvalue weighted by molar-refractivity contribution is 5.61. The van der Waals surface area contributed by atoms with Gasteiger partial charge >= 0.3 is 0 Å². The normalized spacial score (nSPS) is 21.0. The maximum atomic E-state index is 9.95. The Balaban J connectivity index is 1.47. The van der Waals surface area contributed by atoms with Gasteiger partial charge in [0, 0.05) is 49.1 Å². The van der Waals surface area contributed by atoms with Gasteiger partial charge in [0.1, 0.15) is 0 Å². The van der Waals surface area contributed by atoms with E-state index in [9.17, 15) is 5.11 Å². The highest BCUT2D eigenvalue weighted by Crippen LogP contribution is 2.33. The van der Waals surface area contributed by atoms with Crippen LogP contribution in [-0.2, 0) is 6.54 Å². The fraction of sp³-hybridized carbons (Fsp3) is 0.333. The van der Waals surface area contributed by atoms with Crippen molar-refractivity contribution in [2.75, 3.05) is 19.7 Å². The molecule has 0 bridgehead atoms. The van der Waals surface area contributed by atoms with E-state index in [1.807, 2.05) is 30.6 Å². The molecule has 2 aromatic heterocycles. The second-order valence-electron chi connectivity index (χ2n) is 7.00. The minimum Gasteiger partial charge on any atom is -0.396 e.